The highest BCUT2D eigenvalue weighted by atomic mass is 32.1. The number of nitrogens with one attached hydrogen (secondary N) is 2. The summed E-state index contributed by atoms with van der Waals surface area (Å²) < 4.78 is 0. The molecule has 2 aliphatic rings. The van der Waals surface area contributed by atoms with E-state index in [0.29, 0.717) is 28.0 Å². The van der Waals surface area contributed by atoms with Crippen molar-refractivity contribution in [2.24, 2.45) is 17.6 Å². The molecule has 2 heterocycles. The van der Waals surface area contributed by atoms with Gasteiger partial charge in [0.25, 0.3) is 11.8 Å². The van der Waals surface area contributed by atoms with Gasteiger partial charge in [-0.1, -0.05) is 6.42 Å². The van der Waals surface area contributed by atoms with Crippen molar-refractivity contribution in [3.05, 3.63) is 46.4 Å². The van der Waals surface area contributed by atoms with Gasteiger partial charge in [-0.2, -0.15) is 0 Å². The molecule has 4 rings (SSSR count). The number of carbonyl (C=O) groups is 2. The number of rotatable bonds is 4. The minimum atomic E-state index is -0.245. The summed E-state index contributed by atoms with van der Waals surface area (Å²) in [7, 11) is 0. The highest BCUT2D eigenvalue weighted by Gasteiger charge is 2.40. The maximum Gasteiger partial charge on any atom is 0.263 e. The fraction of sp³-hybridized carbons (Fsp3) is 0.450. The van der Waals surface area contributed by atoms with E-state index < -0.39 is 0 Å². The molecule has 2 aromatic heterocycles. The number of aromatic nitrogens is 1. The Balaban J connectivity index is 1.46. The number of carbonyl (C=O) groups excluding carboxylic acids is 2. The van der Waals surface area contributed by atoms with Crippen LogP contribution in [0.4, 0.5) is 5.69 Å². The molecule has 6 nitrogen and oxygen atoms in total. The molecule has 2 amide bonds. The van der Waals surface area contributed by atoms with Crippen molar-refractivity contribution >= 4 is 28.8 Å². The van der Waals surface area contributed by atoms with Gasteiger partial charge in [-0.15, -0.1) is 11.3 Å². The van der Waals surface area contributed by atoms with E-state index in [2.05, 4.69) is 15.6 Å². The van der Waals surface area contributed by atoms with Gasteiger partial charge in [-0.05, 0) is 61.1 Å². The zero-order valence-electron chi connectivity index (χ0n) is 15.1. The Labute approximate surface area is 162 Å². The highest BCUT2D eigenvalue weighted by Crippen LogP contribution is 2.40. The van der Waals surface area contributed by atoms with Crippen LogP contribution in [-0.4, -0.2) is 28.9 Å². The summed E-state index contributed by atoms with van der Waals surface area (Å²) in [5, 5.41) is 7.93. The van der Waals surface area contributed by atoms with Crippen molar-refractivity contribution in [2.45, 2.75) is 44.2 Å². The number of amides is 2. The third-order valence-electron chi connectivity index (χ3n) is 5.74. The molecule has 2 atom stereocenters. The van der Waals surface area contributed by atoms with E-state index in [1.54, 1.807) is 30.6 Å². The lowest BCUT2D eigenvalue weighted by Crippen LogP contribution is -2.53. The van der Waals surface area contributed by atoms with E-state index >= 15 is 0 Å². The van der Waals surface area contributed by atoms with Gasteiger partial charge in [0.15, 0.2) is 0 Å². The lowest BCUT2D eigenvalue weighted by Gasteiger charge is -2.45. The van der Waals surface area contributed by atoms with Crippen LogP contribution in [0.1, 0.15) is 52.1 Å². The zero-order valence-corrected chi connectivity index (χ0v) is 15.9. The quantitative estimate of drug-likeness (QED) is 0.755. The lowest BCUT2D eigenvalue weighted by molar-refractivity contribution is 0.0760. The molecule has 2 fully saturated rings. The largest absolute Gasteiger partial charge is 0.348 e. The SMILES string of the molecule is NC1CC2CCCC(C1)C2NC(=O)c1sccc1NC(=O)c1ccncc1. The molecule has 4 N–H and O–H groups in total. The summed E-state index contributed by atoms with van der Waals surface area (Å²) in [4.78, 5) is 29.8. The zero-order chi connectivity index (χ0) is 18.8. The minimum Gasteiger partial charge on any atom is -0.348 e. The molecule has 27 heavy (non-hydrogen) atoms. The second-order valence-electron chi connectivity index (χ2n) is 7.54. The average Bonchev–Trinajstić information content (AvgIpc) is 3.11. The molecular weight excluding hydrogens is 360 g/mol. The van der Waals surface area contributed by atoms with Gasteiger partial charge >= 0.3 is 0 Å². The minimum absolute atomic E-state index is 0.104. The Morgan fingerprint density at radius 3 is 2.48 bits per heavy atom. The van der Waals surface area contributed by atoms with Gasteiger partial charge in [-0.25, -0.2) is 0 Å². The number of fused-ring (bicyclic) bond motifs is 2. The highest BCUT2D eigenvalue weighted by molar-refractivity contribution is 7.12. The molecule has 0 aromatic carbocycles. The lowest BCUT2D eigenvalue weighted by atomic mass is 9.67. The average molecular weight is 385 g/mol. The van der Waals surface area contributed by atoms with Crippen molar-refractivity contribution in [2.75, 3.05) is 5.32 Å². The number of nitrogens with zero attached hydrogens (tertiary/aromatic N) is 1. The van der Waals surface area contributed by atoms with Crippen molar-refractivity contribution in [3.63, 3.8) is 0 Å². The van der Waals surface area contributed by atoms with Crippen LogP contribution in [0.2, 0.25) is 0 Å². The number of thiophene rings is 1. The Kier molecular flexibility index (Phi) is 5.22. The molecule has 7 heteroatoms. The van der Waals surface area contributed by atoms with E-state index in [9.17, 15) is 9.59 Å². The van der Waals surface area contributed by atoms with Crippen LogP contribution in [0, 0.1) is 11.8 Å². The third kappa shape index (κ3) is 3.89. The van der Waals surface area contributed by atoms with Gasteiger partial charge in [0.2, 0.25) is 0 Å². The molecule has 0 saturated heterocycles. The van der Waals surface area contributed by atoms with Crippen LogP contribution in [0.15, 0.2) is 36.0 Å². The standard InChI is InChI=1S/C20H24N4O2S/c21-15-10-13-2-1-3-14(11-15)17(13)24-20(26)18-16(6-9-27-18)23-19(25)12-4-7-22-8-5-12/h4-9,13-15,17H,1-3,10-11,21H2,(H,23,25)(H,24,26). The number of hydrogen-bond acceptors (Lipinski definition) is 5. The summed E-state index contributed by atoms with van der Waals surface area (Å²) in [5.74, 6) is 0.579. The molecule has 2 aliphatic carbocycles. The van der Waals surface area contributed by atoms with Crippen LogP contribution in [0.5, 0.6) is 0 Å². The molecule has 0 spiro atoms. The number of pyridine rings is 1. The molecule has 0 radical (unpaired) electrons. The Bertz CT molecular complexity index is 808. The molecule has 2 saturated carbocycles. The van der Waals surface area contributed by atoms with Crippen LogP contribution in [-0.2, 0) is 0 Å². The molecule has 2 unspecified atom stereocenters. The van der Waals surface area contributed by atoms with Gasteiger partial charge < -0.3 is 16.4 Å². The van der Waals surface area contributed by atoms with Crippen LogP contribution in [0.25, 0.3) is 0 Å². The summed E-state index contributed by atoms with van der Waals surface area (Å²) in [6.07, 6.45) is 8.59. The van der Waals surface area contributed by atoms with Gasteiger partial charge in [0.05, 0.1) is 5.69 Å². The molecular formula is C20H24N4O2S. The van der Waals surface area contributed by atoms with Crippen molar-refractivity contribution < 1.29 is 9.59 Å². The first-order valence-corrected chi connectivity index (χ1v) is 10.3. The molecule has 2 bridgehead atoms. The van der Waals surface area contributed by atoms with Gasteiger partial charge in [0.1, 0.15) is 4.88 Å². The van der Waals surface area contributed by atoms with E-state index in [1.807, 2.05) is 5.38 Å². The normalized spacial score (nSPS) is 27.0. The second kappa shape index (κ2) is 7.78. The van der Waals surface area contributed by atoms with Crippen molar-refractivity contribution in [1.29, 1.82) is 0 Å². The van der Waals surface area contributed by atoms with E-state index in [4.69, 9.17) is 5.73 Å². The van der Waals surface area contributed by atoms with E-state index in [0.717, 1.165) is 25.7 Å². The fourth-order valence-corrected chi connectivity index (χ4v) is 5.28. The first kappa shape index (κ1) is 18.1. The molecule has 2 aromatic rings. The first-order valence-electron chi connectivity index (χ1n) is 9.47. The van der Waals surface area contributed by atoms with Crippen LogP contribution in [0.3, 0.4) is 0 Å². The van der Waals surface area contributed by atoms with Gasteiger partial charge in [-0.3, -0.25) is 14.6 Å². The fourth-order valence-electron chi connectivity index (χ4n) is 4.52. The second-order valence-corrected chi connectivity index (χ2v) is 8.45. The Hall–Kier alpha value is -2.25. The third-order valence-corrected chi connectivity index (χ3v) is 6.65. The summed E-state index contributed by atoms with van der Waals surface area (Å²) in [6.45, 7) is 0. The monoisotopic (exact) mass is 384 g/mol. The molecule has 142 valence electrons. The number of anilines is 1. The van der Waals surface area contributed by atoms with Crippen LogP contribution < -0.4 is 16.4 Å². The van der Waals surface area contributed by atoms with Crippen molar-refractivity contribution in [1.82, 2.24) is 10.3 Å². The summed E-state index contributed by atoms with van der Waals surface area (Å²) in [6, 6.07) is 5.51. The first-order chi connectivity index (χ1) is 13.1. The van der Waals surface area contributed by atoms with Gasteiger partial charge in [0, 0.05) is 30.0 Å². The summed E-state index contributed by atoms with van der Waals surface area (Å²) in [5.41, 5.74) is 7.25. The Morgan fingerprint density at radius 2 is 1.78 bits per heavy atom. The number of hydrogen-bond donors (Lipinski definition) is 3. The number of nitrogens with two attached hydrogens (primary N) is 1. The maximum atomic E-state index is 12.9. The van der Waals surface area contributed by atoms with Crippen LogP contribution >= 0.6 is 11.3 Å². The maximum absolute atomic E-state index is 12.9. The van der Waals surface area contributed by atoms with E-state index in [1.165, 1.54) is 17.8 Å². The smallest absolute Gasteiger partial charge is 0.263 e. The predicted octanol–water partition coefficient (Wildman–Crippen LogP) is 3.03. The summed E-state index contributed by atoms with van der Waals surface area (Å²) >= 11 is 1.35. The van der Waals surface area contributed by atoms with E-state index in [-0.39, 0.29) is 23.9 Å². The Morgan fingerprint density at radius 1 is 1.07 bits per heavy atom. The predicted molar refractivity (Wildman–Crippen MR) is 106 cm³/mol. The van der Waals surface area contributed by atoms with Crippen molar-refractivity contribution in [3.8, 4) is 0 Å². The topological polar surface area (TPSA) is 97.1 Å². The molecule has 0 aliphatic heterocycles.